The number of likely N-dealkylation sites (N-methyl/N-ethyl adjacent to an activating group) is 1. The zero-order valence-corrected chi connectivity index (χ0v) is 20.9. The zero-order chi connectivity index (χ0) is 23.5. The maximum Gasteiger partial charge on any atom is 0.123 e. The minimum atomic E-state index is -0.409. The van der Waals surface area contributed by atoms with Gasteiger partial charge in [0.05, 0.1) is 0 Å². The zero-order valence-electron chi connectivity index (χ0n) is 20.1. The molecule has 0 bridgehead atoms. The molecule has 3 aromatic rings. The molecule has 0 amide bonds. The number of nitrogens with one attached hydrogen (secondary N) is 1. The molecular weight excluding hydrogens is 424 g/mol. The lowest BCUT2D eigenvalue weighted by atomic mass is 10.1. The van der Waals surface area contributed by atoms with Crippen LogP contribution in [0.25, 0.3) is 11.1 Å². The molecule has 4 heteroatoms. The van der Waals surface area contributed by atoms with Gasteiger partial charge in [0.25, 0.3) is 0 Å². The highest BCUT2D eigenvalue weighted by atomic mass is 32.1. The van der Waals surface area contributed by atoms with Crippen molar-refractivity contribution < 1.29 is 4.74 Å². The monoisotopic (exact) mass is 458 g/mol. The van der Waals surface area contributed by atoms with Crippen LogP contribution in [-0.2, 0) is 17.8 Å². The summed E-state index contributed by atoms with van der Waals surface area (Å²) in [7, 11) is 1.68. The Morgan fingerprint density at radius 3 is 2.64 bits per heavy atom. The first-order valence-electron chi connectivity index (χ1n) is 11.4. The molecule has 1 aromatic heterocycles. The van der Waals surface area contributed by atoms with Crippen LogP contribution in [0, 0.1) is 11.8 Å². The molecule has 0 fully saturated rings. The molecule has 0 saturated carbocycles. The van der Waals surface area contributed by atoms with Gasteiger partial charge in [0.1, 0.15) is 5.60 Å². The number of rotatable bonds is 10. The van der Waals surface area contributed by atoms with Crippen LogP contribution in [0.4, 0.5) is 5.69 Å². The van der Waals surface area contributed by atoms with Gasteiger partial charge in [0, 0.05) is 32.4 Å². The number of benzene rings is 2. The van der Waals surface area contributed by atoms with Crippen LogP contribution in [0.15, 0.2) is 77.5 Å². The number of methoxy groups -OCH3 is 1. The third kappa shape index (κ3) is 8.22. The fourth-order valence-corrected chi connectivity index (χ4v) is 4.03. The van der Waals surface area contributed by atoms with Crippen LogP contribution >= 0.6 is 11.3 Å². The summed E-state index contributed by atoms with van der Waals surface area (Å²) >= 11 is 1.73. The van der Waals surface area contributed by atoms with E-state index in [-0.39, 0.29) is 0 Å². The maximum absolute atomic E-state index is 5.32. The van der Waals surface area contributed by atoms with Crippen LogP contribution in [0.2, 0.25) is 0 Å². The molecule has 1 N–H and O–H groups in total. The number of ether oxygens (including phenoxy) is 1. The quantitative estimate of drug-likeness (QED) is 0.337. The van der Waals surface area contributed by atoms with Gasteiger partial charge in [0.15, 0.2) is 0 Å². The SMILES string of the molecule is CCN(CC=CC#CC(C)(C)OC)Cc1cccc(NCc2cccc(-c3ccsc3)c2)c1. The fraction of sp³-hybridized carbons (Fsp3) is 0.310. The average molecular weight is 459 g/mol. The van der Waals surface area contributed by atoms with Crippen LogP contribution in [-0.4, -0.2) is 30.7 Å². The molecule has 0 radical (unpaired) electrons. The number of hydrogen-bond donors (Lipinski definition) is 1. The largest absolute Gasteiger partial charge is 0.381 e. The molecule has 0 spiro atoms. The molecule has 172 valence electrons. The predicted octanol–water partition coefficient (Wildman–Crippen LogP) is 6.83. The Hall–Kier alpha value is -2.84. The lowest BCUT2D eigenvalue weighted by molar-refractivity contribution is 0.0742. The van der Waals surface area contributed by atoms with Crippen molar-refractivity contribution in [3.05, 3.63) is 88.6 Å². The fourth-order valence-electron chi connectivity index (χ4n) is 3.36. The van der Waals surface area contributed by atoms with Gasteiger partial charge in [0.2, 0.25) is 0 Å². The Labute approximate surface area is 203 Å². The standard InChI is InChI=1S/C29H34N2OS/c1-5-31(17-8-6-7-16-29(2,3)32-4)22-25-12-10-14-28(20-25)30-21-24-11-9-13-26(19-24)27-15-18-33-23-27/h6,8-15,18-20,23,30H,5,17,21-22H2,1-4H3. The minimum Gasteiger partial charge on any atom is -0.381 e. The molecule has 0 atom stereocenters. The first kappa shape index (κ1) is 24.8. The third-order valence-electron chi connectivity index (χ3n) is 5.51. The molecule has 2 aromatic carbocycles. The van der Waals surface area contributed by atoms with E-state index in [1.807, 2.05) is 19.9 Å². The van der Waals surface area contributed by atoms with Crippen molar-refractivity contribution in [1.82, 2.24) is 4.90 Å². The van der Waals surface area contributed by atoms with E-state index in [9.17, 15) is 0 Å². The van der Waals surface area contributed by atoms with Gasteiger partial charge in [-0.3, -0.25) is 4.90 Å². The maximum atomic E-state index is 5.32. The van der Waals surface area contributed by atoms with E-state index < -0.39 is 5.60 Å². The highest BCUT2D eigenvalue weighted by molar-refractivity contribution is 7.08. The van der Waals surface area contributed by atoms with Crippen molar-refractivity contribution in [2.75, 3.05) is 25.5 Å². The van der Waals surface area contributed by atoms with E-state index in [0.717, 1.165) is 31.9 Å². The summed E-state index contributed by atoms with van der Waals surface area (Å²) in [6.07, 6.45) is 4.04. The molecule has 0 aliphatic rings. The molecule has 0 unspecified atom stereocenters. The summed E-state index contributed by atoms with van der Waals surface area (Å²) in [4.78, 5) is 2.39. The molecule has 1 heterocycles. The van der Waals surface area contributed by atoms with E-state index >= 15 is 0 Å². The number of anilines is 1. The Bertz CT molecular complexity index is 1090. The second-order valence-corrected chi connectivity index (χ2v) is 9.26. The molecule has 3 nitrogen and oxygen atoms in total. The van der Waals surface area contributed by atoms with Crippen molar-refractivity contribution in [3.8, 4) is 23.0 Å². The van der Waals surface area contributed by atoms with Gasteiger partial charge in [-0.2, -0.15) is 11.3 Å². The van der Waals surface area contributed by atoms with Gasteiger partial charge >= 0.3 is 0 Å². The van der Waals surface area contributed by atoms with E-state index in [0.29, 0.717) is 0 Å². The lowest BCUT2D eigenvalue weighted by Gasteiger charge is -2.19. The molecule has 33 heavy (non-hydrogen) atoms. The normalized spacial score (nSPS) is 11.5. The Morgan fingerprint density at radius 2 is 1.88 bits per heavy atom. The second-order valence-electron chi connectivity index (χ2n) is 8.48. The summed E-state index contributed by atoms with van der Waals surface area (Å²) in [6.45, 7) is 9.68. The van der Waals surface area contributed by atoms with Crippen LogP contribution in [0.3, 0.4) is 0 Å². The van der Waals surface area contributed by atoms with Crippen LogP contribution in [0.5, 0.6) is 0 Å². The van der Waals surface area contributed by atoms with Gasteiger partial charge in [-0.25, -0.2) is 0 Å². The van der Waals surface area contributed by atoms with Crippen molar-refractivity contribution in [3.63, 3.8) is 0 Å². The number of allylic oxidation sites excluding steroid dienone is 1. The van der Waals surface area contributed by atoms with Crippen LogP contribution < -0.4 is 5.32 Å². The van der Waals surface area contributed by atoms with Crippen molar-refractivity contribution >= 4 is 17.0 Å². The van der Waals surface area contributed by atoms with E-state index in [2.05, 4.69) is 100 Å². The summed E-state index contributed by atoms with van der Waals surface area (Å²) in [6, 6.07) is 19.6. The Balaban J connectivity index is 1.55. The van der Waals surface area contributed by atoms with E-state index in [1.54, 1.807) is 18.4 Å². The van der Waals surface area contributed by atoms with Crippen molar-refractivity contribution in [2.24, 2.45) is 0 Å². The number of nitrogens with zero attached hydrogens (tertiary/aromatic N) is 1. The second kappa shape index (κ2) is 12.4. The topological polar surface area (TPSA) is 24.5 Å². The highest BCUT2D eigenvalue weighted by Crippen LogP contribution is 2.23. The molecule has 3 rings (SSSR count). The summed E-state index contributed by atoms with van der Waals surface area (Å²) in [5.74, 6) is 6.19. The molecule has 0 aliphatic heterocycles. The van der Waals surface area contributed by atoms with Crippen molar-refractivity contribution in [2.45, 2.75) is 39.5 Å². The van der Waals surface area contributed by atoms with Gasteiger partial charge in [-0.05, 0) is 83.7 Å². The number of thiophene rings is 1. The molecular formula is C29H34N2OS. The first-order chi connectivity index (χ1) is 16.0. The first-order valence-corrected chi connectivity index (χ1v) is 12.3. The molecule has 0 saturated heterocycles. The van der Waals surface area contributed by atoms with Crippen LogP contribution in [0.1, 0.15) is 31.9 Å². The van der Waals surface area contributed by atoms with Crippen molar-refractivity contribution in [1.29, 1.82) is 0 Å². The average Bonchev–Trinajstić information content (AvgIpc) is 3.37. The molecule has 0 aliphatic carbocycles. The number of hydrogen-bond acceptors (Lipinski definition) is 4. The van der Waals surface area contributed by atoms with Gasteiger partial charge in [-0.1, -0.05) is 55.2 Å². The van der Waals surface area contributed by atoms with Gasteiger partial charge < -0.3 is 10.1 Å². The van der Waals surface area contributed by atoms with E-state index in [4.69, 9.17) is 4.74 Å². The summed E-state index contributed by atoms with van der Waals surface area (Å²) < 4.78 is 5.32. The van der Waals surface area contributed by atoms with E-state index in [1.165, 1.54) is 22.3 Å². The third-order valence-corrected chi connectivity index (χ3v) is 6.19. The smallest absolute Gasteiger partial charge is 0.123 e. The predicted molar refractivity (Wildman–Crippen MR) is 142 cm³/mol. The lowest BCUT2D eigenvalue weighted by Crippen LogP contribution is -2.22. The summed E-state index contributed by atoms with van der Waals surface area (Å²) in [5, 5.41) is 7.90. The Kier molecular flexibility index (Phi) is 9.33. The minimum absolute atomic E-state index is 0.409. The van der Waals surface area contributed by atoms with Gasteiger partial charge in [-0.15, -0.1) is 0 Å². The Morgan fingerprint density at radius 1 is 1.06 bits per heavy atom. The summed E-state index contributed by atoms with van der Waals surface area (Å²) in [5.41, 5.74) is 5.87. The highest BCUT2D eigenvalue weighted by Gasteiger charge is 2.10.